The SMILES string of the molecule is CC(C)(C)C(Nc1cncnc1)C(=O)N1CC2C(C1C(=O)NC(C#N)c1cncc3cccnc13)C2(C)C. The van der Waals surface area contributed by atoms with Gasteiger partial charge in [-0.2, -0.15) is 5.26 Å². The molecule has 4 heterocycles. The largest absolute Gasteiger partial charge is 0.371 e. The molecule has 0 radical (unpaired) electrons. The number of pyridine rings is 2. The molecular weight excluding hydrogens is 480 g/mol. The molecule has 1 saturated carbocycles. The van der Waals surface area contributed by atoms with Gasteiger partial charge in [0.25, 0.3) is 0 Å². The van der Waals surface area contributed by atoms with Crippen LogP contribution in [-0.2, 0) is 9.59 Å². The van der Waals surface area contributed by atoms with Crippen LogP contribution in [0.3, 0.4) is 0 Å². The maximum atomic E-state index is 14.0. The fourth-order valence-electron chi connectivity index (χ4n) is 5.81. The molecule has 0 spiro atoms. The summed E-state index contributed by atoms with van der Waals surface area (Å²) >= 11 is 0. The number of rotatable bonds is 6. The van der Waals surface area contributed by atoms with Crippen molar-refractivity contribution in [2.24, 2.45) is 22.7 Å². The molecule has 2 fully saturated rings. The first-order valence-corrected chi connectivity index (χ1v) is 12.7. The molecule has 1 saturated heterocycles. The number of fused-ring (bicyclic) bond motifs is 2. The molecule has 5 atom stereocenters. The van der Waals surface area contributed by atoms with E-state index in [-0.39, 0.29) is 29.1 Å². The molecule has 2 amide bonds. The van der Waals surface area contributed by atoms with Gasteiger partial charge in [0.2, 0.25) is 11.8 Å². The van der Waals surface area contributed by atoms with Crippen LogP contribution in [0, 0.1) is 34.0 Å². The number of likely N-dealkylation sites (tertiary alicyclic amines) is 1. The minimum absolute atomic E-state index is 0.00948. The van der Waals surface area contributed by atoms with E-state index < -0.39 is 23.5 Å². The summed E-state index contributed by atoms with van der Waals surface area (Å²) in [6.45, 7) is 10.7. The lowest BCUT2D eigenvalue weighted by molar-refractivity contribution is -0.142. The smallest absolute Gasteiger partial charge is 0.246 e. The fraction of sp³-hybridized carbons (Fsp3) is 0.464. The average molecular weight is 513 g/mol. The number of anilines is 1. The summed E-state index contributed by atoms with van der Waals surface area (Å²) in [6, 6.07) is 3.61. The average Bonchev–Trinajstić information content (AvgIpc) is 3.22. The lowest BCUT2D eigenvalue weighted by Gasteiger charge is -2.38. The second kappa shape index (κ2) is 9.31. The Labute approximate surface area is 221 Å². The molecule has 2 aliphatic rings. The van der Waals surface area contributed by atoms with Crippen LogP contribution >= 0.6 is 0 Å². The number of aromatic nitrogens is 4. The van der Waals surface area contributed by atoms with Gasteiger partial charge in [-0.25, -0.2) is 9.97 Å². The zero-order valence-corrected chi connectivity index (χ0v) is 22.2. The molecule has 0 bridgehead atoms. The monoisotopic (exact) mass is 512 g/mol. The first-order valence-electron chi connectivity index (χ1n) is 12.7. The van der Waals surface area contributed by atoms with Gasteiger partial charge >= 0.3 is 0 Å². The van der Waals surface area contributed by atoms with Crippen LogP contribution in [-0.4, -0.2) is 55.3 Å². The molecule has 10 heteroatoms. The summed E-state index contributed by atoms with van der Waals surface area (Å²) in [6.07, 6.45) is 9.56. The van der Waals surface area contributed by atoms with Crippen molar-refractivity contribution in [1.29, 1.82) is 5.26 Å². The Hall–Kier alpha value is -4.13. The number of hydrogen-bond acceptors (Lipinski definition) is 8. The molecule has 10 nitrogen and oxygen atoms in total. The van der Waals surface area contributed by atoms with Crippen molar-refractivity contribution < 1.29 is 9.59 Å². The first kappa shape index (κ1) is 25.5. The van der Waals surface area contributed by atoms with Gasteiger partial charge < -0.3 is 15.5 Å². The lowest BCUT2D eigenvalue weighted by atomic mass is 9.85. The minimum Gasteiger partial charge on any atom is -0.371 e. The number of hydrogen-bond donors (Lipinski definition) is 2. The van der Waals surface area contributed by atoms with Crippen LogP contribution in [0.25, 0.3) is 10.9 Å². The van der Waals surface area contributed by atoms with Crippen molar-refractivity contribution in [2.75, 3.05) is 11.9 Å². The Kier molecular flexibility index (Phi) is 6.25. The van der Waals surface area contributed by atoms with E-state index >= 15 is 0 Å². The fourth-order valence-corrected chi connectivity index (χ4v) is 5.81. The van der Waals surface area contributed by atoms with Crippen molar-refractivity contribution in [2.45, 2.75) is 52.7 Å². The van der Waals surface area contributed by atoms with E-state index in [0.29, 0.717) is 23.3 Å². The molecule has 38 heavy (non-hydrogen) atoms. The first-order chi connectivity index (χ1) is 18.0. The van der Waals surface area contributed by atoms with Crippen LogP contribution in [0.2, 0.25) is 0 Å². The van der Waals surface area contributed by atoms with Gasteiger partial charge in [-0.15, -0.1) is 0 Å². The number of amides is 2. The van der Waals surface area contributed by atoms with E-state index in [1.54, 1.807) is 42.0 Å². The van der Waals surface area contributed by atoms with E-state index in [2.05, 4.69) is 50.5 Å². The van der Waals surface area contributed by atoms with E-state index in [1.807, 2.05) is 26.8 Å². The van der Waals surface area contributed by atoms with Gasteiger partial charge in [-0.1, -0.05) is 34.6 Å². The van der Waals surface area contributed by atoms with Crippen LogP contribution in [0.15, 0.2) is 49.4 Å². The molecule has 1 aliphatic carbocycles. The van der Waals surface area contributed by atoms with E-state index in [4.69, 9.17) is 0 Å². The van der Waals surface area contributed by atoms with Crippen LogP contribution in [0.4, 0.5) is 5.69 Å². The van der Waals surface area contributed by atoms with Gasteiger partial charge in [-0.3, -0.25) is 19.6 Å². The summed E-state index contributed by atoms with van der Waals surface area (Å²) in [5, 5.41) is 17.0. The van der Waals surface area contributed by atoms with Gasteiger partial charge in [0.1, 0.15) is 24.5 Å². The van der Waals surface area contributed by atoms with Gasteiger partial charge in [-0.05, 0) is 34.8 Å². The maximum absolute atomic E-state index is 14.0. The summed E-state index contributed by atoms with van der Waals surface area (Å²) in [7, 11) is 0. The zero-order chi connectivity index (χ0) is 27.2. The quantitative estimate of drug-likeness (QED) is 0.514. The highest BCUT2D eigenvalue weighted by molar-refractivity contribution is 5.94. The van der Waals surface area contributed by atoms with Crippen LogP contribution in [0.1, 0.15) is 46.2 Å². The highest BCUT2D eigenvalue weighted by Crippen LogP contribution is 2.65. The molecule has 3 aromatic heterocycles. The number of nitrogens with one attached hydrogen (secondary N) is 2. The van der Waals surface area contributed by atoms with Crippen molar-refractivity contribution >= 4 is 28.4 Å². The molecule has 196 valence electrons. The number of nitrogens with zero attached hydrogens (tertiary/aromatic N) is 6. The number of carbonyl (C=O) groups excluding carboxylic acids is 2. The second-order valence-electron chi connectivity index (χ2n) is 11.8. The number of nitriles is 1. The predicted octanol–water partition coefficient (Wildman–Crippen LogP) is 3.11. The Morgan fingerprint density at radius 1 is 1.16 bits per heavy atom. The minimum atomic E-state index is -0.954. The predicted molar refractivity (Wildman–Crippen MR) is 141 cm³/mol. The summed E-state index contributed by atoms with van der Waals surface area (Å²) in [5.41, 5.74) is 1.25. The van der Waals surface area contributed by atoms with Crippen molar-refractivity contribution in [1.82, 2.24) is 30.2 Å². The molecule has 1 aliphatic heterocycles. The summed E-state index contributed by atoms with van der Waals surface area (Å²) in [5.74, 6) is -0.280. The molecular formula is C28H32N8O2. The molecule has 5 rings (SSSR count). The third kappa shape index (κ3) is 4.42. The maximum Gasteiger partial charge on any atom is 0.246 e. The Balaban J connectivity index is 1.43. The van der Waals surface area contributed by atoms with Crippen molar-refractivity contribution in [3.05, 3.63) is 55.0 Å². The topological polar surface area (TPSA) is 137 Å². The van der Waals surface area contributed by atoms with E-state index in [9.17, 15) is 14.9 Å². The zero-order valence-electron chi connectivity index (χ0n) is 22.2. The summed E-state index contributed by atoms with van der Waals surface area (Å²) in [4.78, 5) is 46.3. The van der Waals surface area contributed by atoms with Crippen LogP contribution in [0.5, 0.6) is 0 Å². The highest BCUT2D eigenvalue weighted by atomic mass is 16.2. The van der Waals surface area contributed by atoms with E-state index in [1.165, 1.54) is 6.33 Å². The second-order valence-corrected chi connectivity index (χ2v) is 11.8. The highest BCUT2D eigenvalue weighted by Gasteiger charge is 2.69. The molecule has 5 unspecified atom stereocenters. The Morgan fingerprint density at radius 2 is 1.89 bits per heavy atom. The Bertz CT molecular complexity index is 1410. The standard InChI is InChI=1S/C28H32N8O2/c1-27(2,3)24(34-17-11-31-15-32-12-17)26(38)36-14-19-21(28(19,4)5)23(36)25(37)35-20(9-29)18-13-30-10-16-7-6-8-33-22(16)18/h6-8,10-13,15,19-21,23-24,34H,14H2,1-5H3,(H,35,37). The molecule has 3 aromatic rings. The summed E-state index contributed by atoms with van der Waals surface area (Å²) < 4.78 is 0. The normalized spacial score (nSPS) is 23.2. The van der Waals surface area contributed by atoms with Gasteiger partial charge in [0, 0.05) is 36.1 Å². The Morgan fingerprint density at radius 3 is 2.58 bits per heavy atom. The van der Waals surface area contributed by atoms with Gasteiger partial charge in [0.15, 0.2) is 0 Å². The van der Waals surface area contributed by atoms with Crippen LogP contribution < -0.4 is 10.6 Å². The van der Waals surface area contributed by atoms with E-state index in [0.717, 1.165) is 5.39 Å². The number of piperidine rings is 1. The molecule has 2 N–H and O–H groups in total. The lowest BCUT2D eigenvalue weighted by Crippen LogP contribution is -2.56. The third-order valence-electron chi connectivity index (χ3n) is 8.01. The molecule has 0 aromatic carbocycles. The van der Waals surface area contributed by atoms with Crippen molar-refractivity contribution in [3.63, 3.8) is 0 Å². The van der Waals surface area contributed by atoms with Gasteiger partial charge in [0.05, 0.1) is 29.7 Å². The number of carbonyl (C=O) groups is 2. The third-order valence-corrected chi connectivity index (χ3v) is 8.01. The van der Waals surface area contributed by atoms with Crippen molar-refractivity contribution in [3.8, 4) is 6.07 Å².